The largest absolute Gasteiger partial charge is 0.382 e. The van der Waals surface area contributed by atoms with Crippen LogP contribution in [-0.2, 0) is 16.0 Å². The highest BCUT2D eigenvalue weighted by molar-refractivity contribution is 7.80. The number of rotatable bonds is 9. The van der Waals surface area contributed by atoms with E-state index in [1.54, 1.807) is 0 Å². The summed E-state index contributed by atoms with van der Waals surface area (Å²) in [7, 11) is 0. The highest BCUT2D eigenvalue weighted by Gasteiger charge is 2.22. The Kier molecular flexibility index (Phi) is 8.24. The molecule has 1 atom stereocenters. The van der Waals surface area contributed by atoms with Crippen LogP contribution in [0.4, 0.5) is 0 Å². The molecule has 1 aromatic heterocycles. The van der Waals surface area contributed by atoms with Crippen molar-refractivity contribution < 1.29 is 9.47 Å². The fourth-order valence-corrected chi connectivity index (χ4v) is 4.01. The average molecular weight is 432 g/mol. The van der Waals surface area contributed by atoms with E-state index in [1.165, 1.54) is 5.56 Å². The molecule has 1 aliphatic rings. The smallest absolute Gasteiger partial charge is 0.253 e. The Balaban J connectivity index is 1.76. The van der Waals surface area contributed by atoms with E-state index in [4.69, 9.17) is 21.7 Å². The summed E-state index contributed by atoms with van der Waals surface area (Å²) >= 11 is 5.67. The fourth-order valence-electron chi connectivity index (χ4n) is 3.77. The summed E-state index contributed by atoms with van der Waals surface area (Å²) in [4.78, 5) is 18.0. The van der Waals surface area contributed by atoms with Crippen LogP contribution in [0, 0.1) is 13.8 Å². The third-order valence-electron chi connectivity index (χ3n) is 5.67. The van der Waals surface area contributed by atoms with Crippen LogP contribution in [0.5, 0.6) is 0 Å². The van der Waals surface area contributed by atoms with E-state index in [9.17, 15) is 4.79 Å². The van der Waals surface area contributed by atoms with E-state index in [0.29, 0.717) is 30.4 Å². The molecule has 0 saturated carbocycles. The van der Waals surface area contributed by atoms with Crippen LogP contribution >= 0.6 is 12.2 Å². The van der Waals surface area contributed by atoms with Crippen molar-refractivity contribution in [3.63, 3.8) is 0 Å². The van der Waals surface area contributed by atoms with E-state index in [1.807, 2.05) is 19.9 Å². The average Bonchev–Trinajstić information content (AvgIpc) is 3.24. The molecule has 1 fully saturated rings. The zero-order valence-corrected chi connectivity index (χ0v) is 19.1. The number of aryl methyl sites for hydroxylation is 2. The summed E-state index contributed by atoms with van der Waals surface area (Å²) in [5.41, 5.74) is 3.84. The first-order valence-corrected chi connectivity index (χ1v) is 11.2. The van der Waals surface area contributed by atoms with Gasteiger partial charge in [0.15, 0.2) is 5.11 Å². The first kappa shape index (κ1) is 22.7. The predicted octanol–water partition coefficient (Wildman–Crippen LogP) is 3.43. The van der Waals surface area contributed by atoms with Gasteiger partial charge in [0.2, 0.25) is 0 Å². The van der Waals surface area contributed by atoms with Gasteiger partial charge in [0.1, 0.15) is 0 Å². The third kappa shape index (κ3) is 5.80. The predicted molar refractivity (Wildman–Crippen MR) is 125 cm³/mol. The quantitative estimate of drug-likeness (QED) is 0.468. The molecule has 0 radical (unpaired) electrons. The minimum atomic E-state index is -0.0623. The van der Waals surface area contributed by atoms with Gasteiger partial charge >= 0.3 is 0 Å². The second kappa shape index (κ2) is 10.9. The van der Waals surface area contributed by atoms with Gasteiger partial charge in [-0.05, 0) is 74.8 Å². The van der Waals surface area contributed by atoms with Crippen LogP contribution in [0.3, 0.4) is 0 Å². The lowest BCUT2D eigenvalue weighted by molar-refractivity contribution is 0.0896. The summed E-state index contributed by atoms with van der Waals surface area (Å²) in [6.07, 6.45) is 3.13. The Morgan fingerprint density at radius 2 is 2.23 bits per heavy atom. The monoisotopic (exact) mass is 431 g/mol. The maximum atomic E-state index is 12.8. The minimum absolute atomic E-state index is 0.0623. The molecule has 0 bridgehead atoms. The summed E-state index contributed by atoms with van der Waals surface area (Å²) in [5.74, 6) is 0. The van der Waals surface area contributed by atoms with Gasteiger partial charge in [-0.15, -0.1) is 0 Å². The molecular weight excluding hydrogens is 398 g/mol. The molecular formula is C23H33N3O3S. The Bertz CT molecular complexity index is 922. The number of ether oxygens (including phenoxy) is 2. The topological polar surface area (TPSA) is 66.6 Å². The number of nitrogens with one attached hydrogen (secondary N) is 2. The molecule has 1 saturated heterocycles. The second-order valence-corrected chi connectivity index (χ2v) is 8.28. The lowest BCUT2D eigenvalue weighted by Crippen LogP contribution is -2.44. The first-order chi connectivity index (χ1) is 14.5. The van der Waals surface area contributed by atoms with E-state index < -0.39 is 0 Å². The van der Waals surface area contributed by atoms with Gasteiger partial charge in [0.25, 0.3) is 5.56 Å². The number of aromatic nitrogens is 1. The van der Waals surface area contributed by atoms with Gasteiger partial charge in [0, 0.05) is 38.5 Å². The van der Waals surface area contributed by atoms with Crippen molar-refractivity contribution in [2.24, 2.45) is 0 Å². The number of nitrogens with zero attached hydrogens (tertiary/aromatic N) is 1. The number of thiocarbonyl (C=S) groups is 1. The molecule has 0 aliphatic carbocycles. The minimum Gasteiger partial charge on any atom is -0.382 e. The van der Waals surface area contributed by atoms with Crippen molar-refractivity contribution >= 4 is 28.2 Å². The number of benzene rings is 1. The highest BCUT2D eigenvalue weighted by Crippen LogP contribution is 2.20. The molecule has 7 heteroatoms. The van der Waals surface area contributed by atoms with E-state index in [0.717, 1.165) is 55.5 Å². The summed E-state index contributed by atoms with van der Waals surface area (Å²) in [5, 5.41) is 5.01. The molecule has 2 aromatic rings. The number of aromatic amines is 1. The number of fused-ring (bicyclic) bond motifs is 1. The Hall–Kier alpha value is -1.96. The Labute approximate surface area is 183 Å². The highest BCUT2D eigenvalue weighted by atomic mass is 32.1. The Morgan fingerprint density at radius 3 is 2.97 bits per heavy atom. The van der Waals surface area contributed by atoms with Gasteiger partial charge in [-0.2, -0.15) is 0 Å². The van der Waals surface area contributed by atoms with Crippen molar-refractivity contribution in [3.05, 3.63) is 45.2 Å². The third-order valence-corrected chi connectivity index (χ3v) is 6.07. The normalized spacial score (nSPS) is 16.2. The summed E-state index contributed by atoms with van der Waals surface area (Å²) < 4.78 is 11.2. The standard InChI is InChI=1S/C23H33N3O3S/c1-4-28-11-6-10-24-23(30)26(15-20-7-5-12-29-20)14-19-13-18-9-8-16(2)17(3)21(18)25-22(19)27/h8-9,13,20H,4-7,10-12,14-15H2,1-3H3,(H,24,30)(H,25,27)/t20-/m1/s1. The second-order valence-electron chi connectivity index (χ2n) is 7.89. The van der Waals surface area contributed by atoms with Crippen LogP contribution in [0.15, 0.2) is 23.0 Å². The molecule has 30 heavy (non-hydrogen) atoms. The van der Waals surface area contributed by atoms with Crippen LogP contribution < -0.4 is 10.9 Å². The van der Waals surface area contributed by atoms with Crippen molar-refractivity contribution in [2.75, 3.05) is 32.9 Å². The maximum Gasteiger partial charge on any atom is 0.253 e. The molecule has 2 heterocycles. The number of hydrogen-bond donors (Lipinski definition) is 2. The maximum absolute atomic E-state index is 12.8. The van der Waals surface area contributed by atoms with Gasteiger partial charge in [-0.25, -0.2) is 0 Å². The lowest BCUT2D eigenvalue weighted by Gasteiger charge is -2.28. The van der Waals surface area contributed by atoms with Crippen molar-refractivity contribution in [1.29, 1.82) is 0 Å². The molecule has 3 rings (SSSR count). The zero-order chi connectivity index (χ0) is 21.5. The van der Waals surface area contributed by atoms with Crippen molar-refractivity contribution in [1.82, 2.24) is 15.2 Å². The molecule has 0 unspecified atom stereocenters. The number of pyridine rings is 1. The van der Waals surface area contributed by atoms with Gasteiger partial charge in [-0.3, -0.25) is 4.79 Å². The van der Waals surface area contributed by atoms with Gasteiger partial charge < -0.3 is 24.7 Å². The first-order valence-electron chi connectivity index (χ1n) is 10.8. The van der Waals surface area contributed by atoms with E-state index >= 15 is 0 Å². The molecule has 1 aliphatic heterocycles. The van der Waals surface area contributed by atoms with E-state index in [-0.39, 0.29) is 11.7 Å². The number of H-pyrrole nitrogens is 1. The van der Waals surface area contributed by atoms with Crippen molar-refractivity contribution in [2.45, 2.75) is 52.7 Å². The fraction of sp³-hybridized carbons (Fsp3) is 0.565. The van der Waals surface area contributed by atoms with E-state index in [2.05, 4.69) is 34.3 Å². The summed E-state index contributed by atoms with van der Waals surface area (Å²) in [6.45, 7) is 10.2. The number of hydrogen-bond acceptors (Lipinski definition) is 4. The van der Waals surface area contributed by atoms with Gasteiger partial charge in [0.05, 0.1) is 18.2 Å². The molecule has 0 amide bonds. The molecule has 1 aromatic carbocycles. The van der Waals surface area contributed by atoms with Crippen LogP contribution in [0.2, 0.25) is 0 Å². The Morgan fingerprint density at radius 1 is 1.40 bits per heavy atom. The van der Waals surface area contributed by atoms with Crippen LogP contribution in [-0.4, -0.2) is 54.0 Å². The summed E-state index contributed by atoms with van der Waals surface area (Å²) in [6, 6.07) is 6.14. The molecule has 164 valence electrons. The van der Waals surface area contributed by atoms with Crippen molar-refractivity contribution in [3.8, 4) is 0 Å². The molecule has 2 N–H and O–H groups in total. The molecule has 6 nitrogen and oxygen atoms in total. The van der Waals surface area contributed by atoms with Crippen LogP contribution in [0.25, 0.3) is 10.9 Å². The SMILES string of the molecule is CCOCCCNC(=S)N(Cc1cc2ccc(C)c(C)c2[nH]c1=O)C[C@H]1CCCO1. The van der Waals surface area contributed by atoms with Gasteiger partial charge in [-0.1, -0.05) is 12.1 Å². The van der Waals surface area contributed by atoms with Crippen LogP contribution in [0.1, 0.15) is 42.9 Å². The lowest BCUT2D eigenvalue weighted by atomic mass is 10.0. The zero-order valence-electron chi connectivity index (χ0n) is 18.3. The molecule has 0 spiro atoms.